The van der Waals surface area contributed by atoms with E-state index in [0.29, 0.717) is 6.54 Å². The molecule has 1 aliphatic rings. The zero-order valence-electron chi connectivity index (χ0n) is 13.4. The third kappa shape index (κ3) is 5.74. The molecule has 1 aliphatic heterocycles. The summed E-state index contributed by atoms with van der Waals surface area (Å²) in [4.78, 5) is 14.3. The second-order valence-electron chi connectivity index (χ2n) is 5.53. The maximum Gasteiger partial charge on any atom is 0.263 e. The molecule has 6 heteroatoms. The Hall–Kier alpha value is -2.36. The van der Waals surface area contributed by atoms with Crippen LogP contribution in [0.1, 0.15) is 5.56 Å². The molecule has 23 heavy (non-hydrogen) atoms. The number of hydrogen-bond donors (Lipinski definition) is 3. The summed E-state index contributed by atoms with van der Waals surface area (Å²) in [5, 5.41) is 18.2. The van der Waals surface area contributed by atoms with Gasteiger partial charge in [-0.1, -0.05) is 17.7 Å². The lowest BCUT2D eigenvalue weighted by atomic mass is 10.2. The Bertz CT molecular complexity index is 582. The van der Waals surface area contributed by atoms with Gasteiger partial charge in [0.2, 0.25) is 0 Å². The smallest absolute Gasteiger partial charge is 0.263 e. The monoisotopic (exact) mass is 313 g/mol. The molecule has 0 saturated carbocycles. The van der Waals surface area contributed by atoms with Crippen molar-refractivity contribution in [3.63, 3.8) is 0 Å². The van der Waals surface area contributed by atoms with E-state index in [9.17, 15) is 4.79 Å². The minimum Gasteiger partial charge on any atom is -0.360 e. The average molecular weight is 313 g/mol. The summed E-state index contributed by atoms with van der Waals surface area (Å²) in [7, 11) is 0. The fraction of sp³-hybridized carbons (Fsp3) is 0.412. The zero-order chi connectivity index (χ0) is 16.5. The SMILES string of the molecule is Cc1ccc(N/C=C(/C#N)C(=O)NCCN2CCNCC2)cc1. The Kier molecular flexibility index (Phi) is 6.60. The standard InChI is InChI=1S/C17H23N5O/c1-14-2-4-16(5-3-14)21-13-15(12-18)17(23)20-8-11-22-9-6-19-7-10-22/h2-5,13,19,21H,6-11H2,1H3,(H,20,23)/b15-13-. The number of nitrogens with zero attached hydrogens (tertiary/aromatic N) is 2. The molecule has 3 N–H and O–H groups in total. The number of hydrogen-bond acceptors (Lipinski definition) is 5. The quantitative estimate of drug-likeness (QED) is 0.535. The third-order valence-corrected chi connectivity index (χ3v) is 3.72. The molecule has 6 nitrogen and oxygen atoms in total. The van der Waals surface area contributed by atoms with Crippen molar-refractivity contribution in [3.8, 4) is 6.07 Å². The summed E-state index contributed by atoms with van der Waals surface area (Å²) in [6.07, 6.45) is 1.45. The molecule has 122 valence electrons. The Morgan fingerprint density at radius 2 is 2.04 bits per heavy atom. The first-order chi connectivity index (χ1) is 11.2. The van der Waals surface area contributed by atoms with Gasteiger partial charge in [0.1, 0.15) is 11.6 Å². The van der Waals surface area contributed by atoms with Crippen LogP contribution in [0.3, 0.4) is 0 Å². The lowest BCUT2D eigenvalue weighted by Gasteiger charge is -2.27. The highest BCUT2D eigenvalue weighted by Crippen LogP contribution is 2.09. The van der Waals surface area contributed by atoms with E-state index in [-0.39, 0.29) is 11.5 Å². The lowest BCUT2D eigenvalue weighted by Crippen LogP contribution is -2.46. The molecule has 1 amide bonds. The van der Waals surface area contributed by atoms with Crippen molar-refractivity contribution in [2.75, 3.05) is 44.6 Å². The summed E-state index contributed by atoms with van der Waals surface area (Å²) in [6.45, 7) is 7.30. The number of aryl methyl sites for hydroxylation is 1. The molecular formula is C17H23N5O. The van der Waals surface area contributed by atoms with Gasteiger partial charge in [-0.15, -0.1) is 0 Å². The van der Waals surface area contributed by atoms with E-state index in [1.807, 2.05) is 37.3 Å². The van der Waals surface area contributed by atoms with Gasteiger partial charge in [-0.2, -0.15) is 5.26 Å². The van der Waals surface area contributed by atoms with Crippen molar-refractivity contribution in [1.29, 1.82) is 5.26 Å². The predicted molar refractivity (Wildman–Crippen MR) is 90.8 cm³/mol. The maximum atomic E-state index is 12.0. The van der Waals surface area contributed by atoms with Crippen LogP contribution >= 0.6 is 0 Å². The third-order valence-electron chi connectivity index (χ3n) is 3.72. The largest absolute Gasteiger partial charge is 0.360 e. The molecule has 1 heterocycles. The molecule has 1 saturated heterocycles. The van der Waals surface area contributed by atoms with Crippen LogP contribution in [0, 0.1) is 18.3 Å². The molecule has 0 spiro atoms. The topological polar surface area (TPSA) is 80.2 Å². The highest BCUT2D eigenvalue weighted by atomic mass is 16.1. The second kappa shape index (κ2) is 8.93. The molecule has 0 radical (unpaired) electrons. The van der Waals surface area contributed by atoms with E-state index >= 15 is 0 Å². The van der Waals surface area contributed by atoms with E-state index in [1.165, 1.54) is 6.20 Å². The fourth-order valence-electron chi connectivity index (χ4n) is 2.31. The molecule has 1 aromatic rings. The minimum atomic E-state index is -0.345. The fourth-order valence-corrected chi connectivity index (χ4v) is 2.31. The van der Waals surface area contributed by atoms with Gasteiger partial charge in [0, 0.05) is 51.2 Å². The number of nitrogens with one attached hydrogen (secondary N) is 3. The van der Waals surface area contributed by atoms with E-state index < -0.39 is 0 Å². The van der Waals surface area contributed by atoms with E-state index in [4.69, 9.17) is 5.26 Å². The highest BCUT2D eigenvalue weighted by molar-refractivity contribution is 5.97. The van der Waals surface area contributed by atoms with E-state index in [2.05, 4.69) is 20.9 Å². The molecular weight excluding hydrogens is 290 g/mol. The molecule has 0 bridgehead atoms. The summed E-state index contributed by atoms with van der Waals surface area (Å²) in [5.41, 5.74) is 2.08. The van der Waals surface area contributed by atoms with Gasteiger partial charge >= 0.3 is 0 Å². The molecule has 0 aliphatic carbocycles. The molecule has 0 aromatic heterocycles. The van der Waals surface area contributed by atoms with Crippen molar-refractivity contribution in [1.82, 2.24) is 15.5 Å². The number of piperazine rings is 1. The Labute approximate surface area is 137 Å². The lowest BCUT2D eigenvalue weighted by molar-refractivity contribution is -0.117. The molecule has 2 rings (SSSR count). The predicted octanol–water partition coefficient (Wildman–Crippen LogP) is 0.836. The van der Waals surface area contributed by atoms with Crippen LogP contribution < -0.4 is 16.0 Å². The number of rotatable bonds is 6. The van der Waals surface area contributed by atoms with Crippen LogP contribution in [0.2, 0.25) is 0 Å². The Morgan fingerprint density at radius 3 is 2.70 bits per heavy atom. The van der Waals surface area contributed by atoms with Crippen molar-refractivity contribution in [3.05, 3.63) is 41.6 Å². The van der Waals surface area contributed by atoms with Gasteiger partial charge < -0.3 is 16.0 Å². The van der Waals surface area contributed by atoms with Crippen LogP contribution in [0.5, 0.6) is 0 Å². The summed E-state index contributed by atoms with van der Waals surface area (Å²) in [5.74, 6) is -0.345. The number of nitriles is 1. The van der Waals surface area contributed by atoms with Crippen LogP contribution in [0.25, 0.3) is 0 Å². The van der Waals surface area contributed by atoms with Crippen molar-refractivity contribution >= 4 is 11.6 Å². The number of carbonyl (C=O) groups is 1. The highest BCUT2D eigenvalue weighted by Gasteiger charge is 2.11. The number of carbonyl (C=O) groups excluding carboxylic acids is 1. The average Bonchev–Trinajstić information content (AvgIpc) is 2.58. The van der Waals surface area contributed by atoms with Gasteiger partial charge in [-0.3, -0.25) is 9.69 Å². The van der Waals surface area contributed by atoms with Crippen molar-refractivity contribution in [2.24, 2.45) is 0 Å². The minimum absolute atomic E-state index is 0.0749. The molecule has 0 atom stereocenters. The number of anilines is 1. The summed E-state index contributed by atoms with van der Waals surface area (Å²) in [6, 6.07) is 9.68. The molecule has 1 fully saturated rings. The van der Waals surface area contributed by atoms with Crippen LogP contribution in [0.15, 0.2) is 36.0 Å². The van der Waals surface area contributed by atoms with Gasteiger partial charge in [-0.25, -0.2) is 0 Å². The Morgan fingerprint density at radius 1 is 1.35 bits per heavy atom. The normalized spacial score (nSPS) is 15.7. The van der Waals surface area contributed by atoms with Gasteiger partial charge in [-0.05, 0) is 19.1 Å². The number of benzene rings is 1. The second-order valence-corrected chi connectivity index (χ2v) is 5.53. The van der Waals surface area contributed by atoms with E-state index in [1.54, 1.807) is 0 Å². The zero-order valence-corrected chi connectivity index (χ0v) is 13.4. The summed E-state index contributed by atoms with van der Waals surface area (Å²) >= 11 is 0. The maximum absolute atomic E-state index is 12.0. The van der Waals surface area contributed by atoms with Crippen LogP contribution in [-0.4, -0.2) is 50.1 Å². The first kappa shape index (κ1) is 17.0. The van der Waals surface area contributed by atoms with Crippen LogP contribution in [-0.2, 0) is 4.79 Å². The van der Waals surface area contributed by atoms with E-state index in [0.717, 1.165) is 44.0 Å². The first-order valence-corrected chi connectivity index (χ1v) is 7.84. The Balaban J connectivity index is 1.79. The van der Waals surface area contributed by atoms with Crippen LogP contribution in [0.4, 0.5) is 5.69 Å². The van der Waals surface area contributed by atoms with Gasteiger partial charge in [0.05, 0.1) is 0 Å². The summed E-state index contributed by atoms with van der Waals surface area (Å²) < 4.78 is 0. The molecule has 0 unspecified atom stereocenters. The van der Waals surface area contributed by atoms with Gasteiger partial charge in [0.15, 0.2) is 0 Å². The number of amides is 1. The van der Waals surface area contributed by atoms with Crippen molar-refractivity contribution < 1.29 is 4.79 Å². The van der Waals surface area contributed by atoms with Crippen molar-refractivity contribution in [2.45, 2.75) is 6.92 Å². The molecule has 1 aromatic carbocycles. The first-order valence-electron chi connectivity index (χ1n) is 7.84. The van der Waals surface area contributed by atoms with Gasteiger partial charge in [0.25, 0.3) is 5.91 Å².